The van der Waals surface area contributed by atoms with Gasteiger partial charge in [-0.05, 0) is 61.3 Å². The summed E-state index contributed by atoms with van der Waals surface area (Å²) in [6, 6.07) is 11.0. The van der Waals surface area contributed by atoms with Gasteiger partial charge in [-0.3, -0.25) is 4.79 Å². The molecular formula is C25H32O5S. The van der Waals surface area contributed by atoms with Crippen molar-refractivity contribution in [2.24, 2.45) is 5.92 Å². The number of aliphatic hydroxyl groups is 2. The fraction of sp³-hybridized carbons (Fsp3) is 0.520. The van der Waals surface area contributed by atoms with E-state index in [1.54, 1.807) is 6.07 Å². The van der Waals surface area contributed by atoms with Crippen LogP contribution in [0.1, 0.15) is 89.6 Å². The van der Waals surface area contributed by atoms with E-state index in [0.29, 0.717) is 23.3 Å². The molecule has 0 bridgehead atoms. The molecule has 1 aliphatic rings. The number of hydrogen-bond donors (Lipinski definition) is 3. The van der Waals surface area contributed by atoms with Crippen molar-refractivity contribution in [3.8, 4) is 0 Å². The van der Waals surface area contributed by atoms with Gasteiger partial charge in [0.15, 0.2) is 0 Å². The fourth-order valence-electron chi connectivity index (χ4n) is 4.54. The standard InChI is InChI=1S/C25H32O5S/c1-2-3-7-21(27)24(28)18-10-8-17(9-11-18)23-16(12-14-20(23)26)5-4-6-19-13-15-22(31-19)25(29)30/h8-11,13,15-16,21,23-24,27-28H,2-7,12,14H2,1H3,(H,29,30)/t16-,21?,23+,24?/m1/s1. The van der Waals surface area contributed by atoms with Gasteiger partial charge in [0.2, 0.25) is 0 Å². The molecular weight excluding hydrogens is 412 g/mol. The zero-order chi connectivity index (χ0) is 22.4. The van der Waals surface area contributed by atoms with E-state index >= 15 is 0 Å². The Kier molecular flexibility index (Phi) is 8.41. The van der Waals surface area contributed by atoms with E-state index in [-0.39, 0.29) is 17.6 Å². The number of benzene rings is 1. The minimum atomic E-state index is -0.905. The summed E-state index contributed by atoms with van der Waals surface area (Å²) in [6.07, 6.45) is 4.90. The number of unbranched alkanes of at least 4 members (excludes halogenated alkanes) is 1. The highest BCUT2D eigenvalue weighted by atomic mass is 32.1. The van der Waals surface area contributed by atoms with E-state index in [0.717, 1.165) is 49.0 Å². The van der Waals surface area contributed by atoms with Crippen molar-refractivity contribution < 1.29 is 24.9 Å². The van der Waals surface area contributed by atoms with Crippen LogP contribution in [0.2, 0.25) is 0 Å². The molecule has 2 aromatic rings. The van der Waals surface area contributed by atoms with Crippen molar-refractivity contribution in [3.63, 3.8) is 0 Å². The Hall–Kier alpha value is -2.02. The number of carboxylic acid groups (broad SMARTS) is 1. The van der Waals surface area contributed by atoms with Gasteiger partial charge in [0, 0.05) is 17.2 Å². The van der Waals surface area contributed by atoms with Crippen LogP contribution in [0.3, 0.4) is 0 Å². The monoisotopic (exact) mass is 444 g/mol. The first-order valence-electron chi connectivity index (χ1n) is 11.2. The zero-order valence-electron chi connectivity index (χ0n) is 18.0. The summed E-state index contributed by atoms with van der Waals surface area (Å²) < 4.78 is 0. The number of aromatic carboxylic acids is 1. The lowest BCUT2D eigenvalue weighted by Crippen LogP contribution is -2.18. The van der Waals surface area contributed by atoms with Crippen LogP contribution < -0.4 is 0 Å². The third kappa shape index (κ3) is 6.03. The van der Waals surface area contributed by atoms with Gasteiger partial charge < -0.3 is 15.3 Å². The molecule has 168 valence electrons. The van der Waals surface area contributed by atoms with Gasteiger partial charge in [0.25, 0.3) is 0 Å². The van der Waals surface area contributed by atoms with E-state index in [2.05, 4.69) is 6.92 Å². The molecule has 0 radical (unpaired) electrons. The van der Waals surface area contributed by atoms with Gasteiger partial charge in [-0.2, -0.15) is 0 Å². The maximum atomic E-state index is 12.6. The molecule has 31 heavy (non-hydrogen) atoms. The summed E-state index contributed by atoms with van der Waals surface area (Å²) in [7, 11) is 0. The number of Topliss-reactive ketones (excluding diaryl/α,β-unsaturated/α-hetero) is 1. The van der Waals surface area contributed by atoms with E-state index in [1.807, 2.05) is 30.3 Å². The second-order valence-corrected chi connectivity index (χ2v) is 9.70. The topological polar surface area (TPSA) is 94.8 Å². The molecule has 3 N–H and O–H groups in total. The second-order valence-electron chi connectivity index (χ2n) is 8.53. The Bertz CT molecular complexity index is 872. The first-order valence-corrected chi connectivity index (χ1v) is 12.0. The normalized spacial score (nSPS) is 20.7. The zero-order valence-corrected chi connectivity index (χ0v) is 18.8. The van der Waals surface area contributed by atoms with Gasteiger partial charge in [-0.1, -0.05) is 44.0 Å². The highest BCUT2D eigenvalue weighted by Gasteiger charge is 2.35. The number of aliphatic hydroxyl groups excluding tert-OH is 2. The molecule has 0 saturated heterocycles. The van der Waals surface area contributed by atoms with Crippen molar-refractivity contribution >= 4 is 23.1 Å². The SMILES string of the molecule is CCCCC(O)C(O)c1ccc([C@H]2C(=O)CC[C@H]2CCCc2ccc(C(=O)O)s2)cc1. The van der Waals surface area contributed by atoms with Crippen LogP contribution in [0.15, 0.2) is 36.4 Å². The van der Waals surface area contributed by atoms with E-state index < -0.39 is 18.2 Å². The molecule has 1 heterocycles. The molecule has 1 saturated carbocycles. The Morgan fingerprint density at radius 3 is 2.52 bits per heavy atom. The van der Waals surface area contributed by atoms with Crippen molar-refractivity contribution in [1.29, 1.82) is 0 Å². The molecule has 1 aliphatic carbocycles. The lowest BCUT2D eigenvalue weighted by molar-refractivity contribution is -0.119. The number of carboxylic acids is 1. The van der Waals surface area contributed by atoms with E-state index in [9.17, 15) is 19.8 Å². The summed E-state index contributed by atoms with van der Waals surface area (Å²) in [4.78, 5) is 25.0. The highest BCUT2D eigenvalue weighted by Crippen LogP contribution is 2.40. The number of rotatable bonds is 11. The number of thiophene rings is 1. The summed E-state index contributed by atoms with van der Waals surface area (Å²) in [5, 5.41) is 29.6. The number of carbonyl (C=O) groups excluding carboxylic acids is 1. The van der Waals surface area contributed by atoms with Gasteiger partial charge in [0.05, 0.1) is 6.10 Å². The lowest BCUT2D eigenvalue weighted by Gasteiger charge is -2.21. The predicted molar refractivity (Wildman–Crippen MR) is 122 cm³/mol. The Morgan fingerprint density at radius 2 is 1.87 bits per heavy atom. The van der Waals surface area contributed by atoms with Gasteiger partial charge in [-0.25, -0.2) is 4.79 Å². The molecule has 0 spiro atoms. The molecule has 1 fully saturated rings. The molecule has 4 atom stereocenters. The third-order valence-electron chi connectivity index (χ3n) is 6.31. The molecule has 5 nitrogen and oxygen atoms in total. The number of hydrogen-bond acceptors (Lipinski definition) is 5. The number of carbonyl (C=O) groups is 2. The Balaban J connectivity index is 1.59. The van der Waals surface area contributed by atoms with Crippen molar-refractivity contribution in [2.45, 2.75) is 76.4 Å². The molecule has 3 rings (SSSR count). The lowest BCUT2D eigenvalue weighted by atomic mass is 9.84. The first-order chi connectivity index (χ1) is 14.9. The molecule has 2 unspecified atom stereocenters. The molecule has 6 heteroatoms. The van der Waals surface area contributed by atoms with Crippen LogP contribution in [0.4, 0.5) is 0 Å². The maximum Gasteiger partial charge on any atom is 0.345 e. The van der Waals surface area contributed by atoms with Crippen molar-refractivity contribution in [2.75, 3.05) is 0 Å². The number of ketones is 1. The minimum Gasteiger partial charge on any atom is -0.477 e. The van der Waals surface area contributed by atoms with Crippen LogP contribution >= 0.6 is 11.3 Å². The van der Waals surface area contributed by atoms with Crippen LogP contribution in [-0.2, 0) is 11.2 Å². The fourth-order valence-corrected chi connectivity index (χ4v) is 5.43. The van der Waals surface area contributed by atoms with Crippen LogP contribution in [0, 0.1) is 5.92 Å². The van der Waals surface area contributed by atoms with E-state index in [4.69, 9.17) is 5.11 Å². The first kappa shape index (κ1) is 23.6. The molecule has 1 aromatic heterocycles. The van der Waals surface area contributed by atoms with Gasteiger partial charge >= 0.3 is 5.97 Å². The van der Waals surface area contributed by atoms with Crippen molar-refractivity contribution in [3.05, 3.63) is 57.3 Å². The Morgan fingerprint density at radius 1 is 1.13 bits per heavy atom. The summed E-state index contributed by atoms with van der Waals surface area (Å²) in [6.45, 7) is 2.05. The highest BCUT2D eigenvalue weighted by molar-refractivity contribution is 7.13. The number of aryl methyl sites for hydroxylation is 1. The summed E-state index contributed by atoms with van der Waals surface area (Å²) in [5.41, 5.74) is 1.66. The Labute approximate surface area is 187 Å². The largest absolute Gasteiger partial charge is 0.477 e. The average Bonchev–Trinajstić information content (AvgIpc) is 3.38. The van der Waals surface area contributed by atoms with Gasteiger partial charge in [0.1, 0.15) is 16.8 Å². The van der Waals surface area contributed by atoms with Crippen LogP contribution in [0.5, 0.6) is 0 Å². The third-order valence-corrected chi connectivity index (χ3v) is 7.44. The quantitative estimate of drug-likeness (QED) is 0.447. The average molecular weight is 445 g/mol. The molecule has 0 amide bonds. The maximum absolute atomic E-state index is 12.6. The smallest absolute Gasteiger partial charge is 0.345 e. The van der Waals surface area contributed by atoms with Gasteiger partial charge in [-0.15, -0.1) is 11.3 Å². The summed E-state index contributed by atoms with van der Waals surface area (Å²) in [5.74, 6) is -0.443. The summed E-state index contributed by atoms with van der Waals surface area (Å²) >= 11 is 1.32. The van der Waals surface area contributed by atoms with Crippen LogP contribution in [0.25, 0.3) is 0 Å². The van der Waals surface area contributed by atoms with Crippen LogP contribution in [-0.4, -0.2) is 33.2 Å². The predicted octanol–water partition coefficient (Wildman–Crippen LogP) is 5.12. The van der Waals surface area contributed by atoms with E-state index in [1.165, 1.54) is 11.3 Å². The molecule has 0 aliphatic heterocycles. The van der Waals surface area contributed by atoms with Crippen molar-refractivity contribution in [1.82, 2.24) is 0 Å². The second kappa shape index (κ2) is 11.0. The molecule has 1 aromatic carbocycles. The minimum absolute atomic E-state index is 0.117.